The molecule has 0 aliphatic rings. The van der Waals surface area contributed by atoms with Crippen LogP contribution in [-0.4, -0.2) is 43.3 Å². The topological polar surface area (TPSA) is 86.8 Å². The first-order valence-electron chi connectivity index (χ1n) is 12.8. The molecule has 1 unspecified atom stereocenters. The van der Waals surface area contributed by atoms with Crippen molar-refractivity contribution in [3.63, 3.8) is 0 Å². The van der Waals surface area contributed by atoms with Crippen LogP contribution < -0.4 is 9.62 Å². The van der Waals surface area contributed by atoms with E-state index in [0.717, 1.165) is 9.87 Å². The molecule has 0 heterocycles. The lowest BCUT2D eigenvalue weighted by Crippen LogP contribution is -2.55. The van der Waals surface area contributed by atoms with Gasteiger partial charge in [0.15, 0.2) is 0 Å². The van der Waals surface area contributed by atoms with Crippen molar-refractivity contribution >= 4 is 39.1 Å². The first kappa shape index (κ1) is 30.2. The first-order chi connectivity index (χ1) is 18.3. The van der Waals surface area contributed by atoms with E-state index in [9.17, 15) is 18.0 Å². The highest BCUT2D eigenvalue weighted by Gasteiger charge is 2.34. The number of aryl methyl sites for hydroxylation is 1. The molecule has 3 aromatic carbocycles. The third kappa shape index (κ3) is 7.83. The Morgan fingerprint density at radius 2 is 1.51 bits per heavy atom. The molecular formula is C30H36ClN3O4S. The second kappa shape index (κ2) is 12.7. The molecule has 0 saturated heterocycles. The zero-order chi connectivity index (χ0) is 28.8. The first-order valence-corrected chi connectivity index (χ1v) is 14.6. The molecule has 0 bridgehead atoms. The molecule has 2 amide bonds. The third-order valence-electron chi connectivity index (χ3n) is 6.11. The van der Waals surface area contributed by atoms with E-state index < -0.39 is 34.1 Å². The molecule has 3 aromatic rings. The van der Waals surface area contributed by atoms with Crippen LogP contribution in [0.4, 0.5) is 5.69 Å². The van der Waals surface area contributed by atoms with Gasteiger partial charge in [0.1, 0.15) is 12.6 Å². The van der Waals surface area contributed by atoms with Gasteiger partial charge in [0.2, 0.25) is 11.8 Å². The van der Waals surface area contributed by atoms with Crippen molar-refractivity contribution in [1.82, 2.24) is 10.2 Å². The number of rotatable bonds is 10. The molecule has 0 spiro atoms. The van der Waals surface area contributed by atoms with Crippen molar-refractivity contribution in [2.24, 2.45) is 0 Å². The van der Waals surface area contributed by atoms with Crippen LogP contribution in [0.1, 0.15) is 45.2 Å². The van der Waals surface area contributed by atoms with Gasteiger partial charge >= 0.3 is 0 Å². The Morgan fingerprint density at radius 3 is 2.08 bits per heavy atom. The highest BCUT2D eigenvalue weighted by molar-refractivity contribution is 7.92. The number of benzene rings is 3. The van der Waals surface area contributed by atoms with Crippen LogP contribution in [-0.2, 0) is 26.2 Å². The van der Waals surface area contributed by atoms with Gasteiger partial charge in [0.25, 0.3) is 10.0 Å². The van der Waals surface area contributed by atoms with Gasteiger partial charge in [-0.3, -0.25) is 13.9 Å². The van der Waals surface area contributed by atoms with Crippen LogP contribution in [0.3, 0.4) is 0 Å². The summed E-state index contributed by atoms with van der Waals surface area (Å²) in [5.74, 6) is -0.843. The average Bonchev–Trinajstić information content (AvgIpc) is 2.88. The fourth-order valence-corrected chi connectivity index (χ4v) is 5.77. The maximum Gasteiger partial charge on any atom is 0.264 e. The van der Waals surface area contributed by atoms with Gasteiger partial charge in [-0.1, -0.05) is 72.6 Å². The van der Waals surface area contributed by atoms with E-state index in [4.69, 9.17) is 11.6 Å². The second-order valence-corrected chi connectivity index (χ2v) is 12.7. The minimum Gasteiger partial charge on any atom is -0.350 e. The van der Waals surface area contributed by atoms with Crippen molar-refractivity contribution in [3.8, 4) is 0 Å². The Bertz CT molecular complexity index is 1390. The highest BCUT2D eigenvalue weighted by Crippen LogP contribution is 2.26. The summed E-state index contributed by atoms with van der Waals surface area (Å²) in [4.78, 5) is 28.9. The lowest BCUT2D eigenvalue weighted by atomic mass is 10.1. The van der Waals surface area contributed by atoms with Crippen LogP contribution in [0.15, 0.2) is 83.8 Å². The predicted octanol–water partition coefficient (Wildman–Crippen LogP) is 5.57. The van der Waals surface area contributed by atoms with Crippen molar-refractivity contribution in [3.05, 3.63) is 95.0 Å². The summed E-state index contributed by atoms with van der Waals surface area (Å²) >= 11 is 6.43. The standard InChI is InChI=1S/C30H36ClN3O4S/c1-6-27(29(36)32-30(3,4)5)33(20-23-12-10-11-15-26(23)31)28(35)21-34(24-18-16-22(2)17-19-24)39(37,38)25-13-8-7-9-14-25/h7-19,27H,6,20-21H2,1-5H3,(H,32,36). The van der Waals surface area contributed by atoms with E-state index in [0.29, 0.717) is 22.7 Å². The van der Waals surface area contributed by atoms with Gasteiger partial charge in [0.05, 0.1) is 10.6 Å². The van der Waals surface area contributed by atoms with E-state index in [1.807, 2.05) is 34.6 Å². The lowest BCUT2D eigenvalue weighted by molar-refractivity contribution is -0.141. The van der Waals surface area contributed by atoms with Gasteiger partial charge in [-0.2, -0.15) is 0 Å². The molecule has 0 aromatic heterocycles. The number of hydrogen-bond acceptors (Lipinski definition) is 4. The molecule has 1 N–H and O–H groups in total. The molecule has 208 valence electrons. The van der Waals surface area contributed by atoms with Crippen LogP contribution in [0.25, 0.3) is 0 Å². The molecule has 39 heavy (non-hydrogen) atoms. The summed E-state index contributed by atoms with van der Waals surface area (Å²) in [5, 5.41) is 3.41. The van der Waals surface area contributed by atoms with Crippen LogP contribution >= 0.6 is 11.6 Å². The molecule has 0 saturated carbocycles. The van der Waals surface area contributed by atoms with E-state index in [-0.39, 0.29) is 17.3 Å². The maximum absolute atomic E-state index is 14.1. The Labute approximate surface area is 236 Å². The zero-order valence-electron chi connectivity index (χ0n) is 23.0. The number of amides is 2. The minimum absolute atomic E-state index is 0.0434. The number of carbonyl (C=O) groups excluding carboxylic acids is 2. The molecule has 9 heteroatoms. The fourth-order valence-electron chi connectivity index (χ4n) is 4.14. The van der Waals surface area contributed by atoms with Crippen molar-refractivity contribution < 1.29 is 18.0 Å². The van der Waals surface area contributed by atoms with E-state index in [1.54, 1.807) is 66.7 Å². The molecule has 0 radical (unpaired) electrons. The Balaban J connectivity index is 2.07. The summed E-state index contributed by atoms with van der Waals surface area (Å²) in [5.41, 5.74) is 1.44. The van der Waals surface area contributed by atoms with Crippen LogP contribution in [0.5, 0.6) is 0 Å². The molecule has 0 fully saturated rings. The quantitative estimate of drug-likeness (QED) is 0.346. The maximum atomic E-state index is 14.1. The van der Waals surface area contributed by atoms with E-state index in [1.165, 1.54) is 17.0 Å². The number of sulfonamides is 1. The number of carbonyl (C=O) groups is 2. The number of hydrogen-bond donors (Lipinski definition) is 1. The Hall–Kier alpha value is -3.36. The Morgan fingerprint density at radius 1 is 0.923 bits per heavy atom. The number of nitrogens with one attached hydrogen (secondary N) is 1. The summed E-state index contributed by atoms with van der Waals surface area (Å²) in [6.07, 6.45) is 0.327. The van der Waals surface area contributed by atoms with Crippen LogP contribution in [0, 0.1) is 6.92 Å². The Kier molecular flexibility index (Phi) is 9.80. The normalized spacial score (nSPS) is 12.5. The predicted molar refractivity (Wildman–Crippen MR) is 156 cm³/mol. The van der Waals surface area contributed by atoms with Crippen molar-refractivity contribution in [1.29, 1.82) is 0 Å². The summed E-state index contributed by atoms with van der Waals surface area (Å²) in [6, 6.07) is 21.2. The van der Waals surface area contributed by atoms with Gasteiger partial charge in [0, 0.05) is 17.1 Å². The van der Waals surface area contributed by atoms with Crippen molar-refractivity contribution in [2.45, 2.75) is 64.1 Å². The molecular weight excluding hydrogens is 534 g/mol. The number of anilines is 1. The SMILES string of the molecule is CCC(C(=O)NC(C)(C)C)N(Cc1ccccc1Cl)C(=O)CN(c1ccc(C)cc1)S(=O)(=O)c1ccccc1. The van der Waals surface area contributed by atoms with Gasteiger partial charge in [-0.15, -0.1) is 0 Å². The zero-order valence-corrected chi connectivity index (χ0v) is 24.6. The van der Waals surface area contributed by atoms with Crippen LogP contribution in [0.2, 0.25) is 5.02 Å². The largest absolute Gasteiger partial charge is 0.350 e. The van der Waals surface area contributed by atoms with Gasteiger partial charge in [-0.25, -0.2) is 8.42 Å². The van der Waals surface area contributed by atoms with E-state index >= 15 is 0 Å². The van der Waals surface area contributed by atoms with Gasteiger partial charge < -0.3 is 10.2 Å². The minimum atomic E-state index is -4.10. The monoisotopic (exact) mass is 569 g/mol. The van der Waals surface area contributed by atoms with Crippen molar-refractivity contribution in [2.75, 3.05) is 10.8 Å². The molecule has 0 aliphatic heterocycles. The summed E-state index contributed by atoms with van der Waals surface area (Å²) < 4.78 is 28.7. The van der Waals surface area contributed by atoms with E-state index in [2.05, 4.69) is 5.32 Å². The summed E-state index contributed by atoms with van der Waals surface area (Å²) in [7, 11) is -4.10. The molecule has 3 rings (SSSR count). The lowest BCUT2D eigenvalue weighted by Gasteiger charge is -2.35. The summed E-state index contributed by atoms with van der Waals surface area (Å²) in [6.45, 7) is 8.86. The third-order valence-corrected chi connectivity index (χ3v) is 8.27. The fraction of sp³-hybridized carbons (Fsp3) is 0.333. The highest BCUT2D eigenvalue weighted by atomic mass is 35.5. The molecule has 0 aliphatic carbocycles. The number of nitrogens with zero attached hydrogens (tertiary/aromatic N) is 2. The second-order valence-electron chi connectivity index (χ2n) is 10.4. The average molecular weight is 570 g/mol. The smallest absolute Gasteiger partial charge is 0.264 e. The molecule has 7 nitrogen and oxygen atoms in total. The number of halogens is 1. The molecule has 1 atom stereocenters. The van der Waals surface area contributed by atoms with Gasteiger partial charge in [-0.05, 0) is 70.0 Å².